The Bertz CT molecular complexity index is 684. The molecular weight excluding hydrogens is 345 g/mol. The van der Waals surface area contributed by atoms with E-state index in [-0.39, 0.29) is 24.0 Å². The molecule has 0 atom stereocenters. The summed E-state index contributed by atoms with van der Waals surface area (Å²) in [6.45, 7) is 5.72. The lowest BCUT2D eigenvalue weighted by molar-refractivity contribution is 0.170. The Hall–Kier alpha value is -1.67. The minimum Gasteiger partial charge on any atom is -0.338 e. The summed E-state index contributed by atoms with van der Waals surface area (Å²) in [5, 5.41) is 2.91. The van der Waals surface area contributed by atoms with Crippen LogP contribution in [0.3, 0.4) is 0 Å². The van der Waals surface area contributed by atoms with Crippen molar-refractivity contribution < 1.29 is 17.6 Å². The number of hydrogen-bond donors (Lipinski definition) is 1. The van der Waals surface area contributed by atoms with E-state index in [1.807, 2.05) is 0 Å². The van der Waals surface area contributed by atoms with Gasteiger partial charge in [-0.25, -0.2) is 17.6 Å². The molecule has 0 bridgehead atoms. The van der Waals surface area contributed by atoms with Gasteiger partial charge in [0.1, 0.15) is 10.7 Å². The van der Waals surface area contributed by atoms with E-state index in [2.05, 4.69) is 19.2 Å². The second-order valence-corrected chi connectivity index (χ2v) is 8.10. The third kappa shape index (κ3) is 4.70. The van der Waals surface area contributed by atoms with E-state index in [4.69, 9.17) is 0 Å². The Balaban J connectivity index is 1.93. The number of piperazine rings is 1. The molecule has 0 unspecified atom stereocenters. The monoisotopic (exact) mass is 371 g/mol. The molecule has 2 rings (SSSR count). The first-order valence-corrected chi connectivity index (χ1v) is 10.1. The highest BCUT2D eigenvalue weighted by Crippen LogP contribution is 2.20. The summed E-state index contributed by atoms with van der Waals surface area (Å²) in [5.74, 6) is -0.306. The van der Waals surface area contributed by atoms with Gasteiger partial charge < -0.3 is 10.2 Å². The molecule has 1 aromatic rings. The number of nitrogens with zero attached hydrogens (tertiary/aromatic N) is 2. The van der Waals surface area contributed by atoms with Crippen molar-refractivity contribution in [3.8, 4) is 0 Å². The van der Waals surface area contributed by atoms with E-state index in [1.54, 1.807) is 4.90 Å². The number of benzene rings is 1. The highest BCUT2D eigenvalue weighted by molar-refractivity contribution is 7.89. The highest BCUT2D eigenvalue weighted by atomic mass is 32.2. The Morgan fingerprint density at radius 3 is 2.32 bits per heavy atom. The Morgan fingerprint density at radius 2 is 1.76 bits per heavy atom. The molecule has 0 radical (unpaired) electrons. The molecule has 1 heterocycles. The lowest BCUT2D eigenvalue weighted by atomic mass is 10.0. The van der Waals surface area contributed by atoms with Crippen molar-refractivity contribution in [2.24, 2.45) is 5.92 Å². The second kappa shape index (κ2) is 8.62. The summed E-state index contributed by atoms with van der Waals surface area (Å²) in [6.07, 6.45) is 2.01. The van der Waals surface area contributed by atoms with Crippen LogP contribution in [0.1, 0.15) is 26.7 Å². The van der Waals surface area contributed by atoms with Gasteiger partial charge in [0.2, 0.25) is 10.0 Å². The average molecular weight is 371 g/mol. The fourth-order valence-electron chi connectivity index (χ4n) is 2.85. The number of halogens is 1. The molecule has 1 aliphatic heterocycles. The van der Waals surface area contributed by atoms with Crippen molar-refractivity contribution >= 4 is 16.1 Å². The van der Waals surface area contributed by atoms with E-state index in [9.17, 15) is 17.6 Å². The van der Waals surface area contributed by atoms with Crippen LogP contribution in [0.5, 0.6) is 0 Å². The van der Waals surface area contributed by atoms with Crippen LogP contribution in [-0.2, 0) is 10.0 Å². The molecule has 8 heteroatoms. The quantitative estimate of drug-likeness (QED) is 0.834. The fraction of sp³-hybridized carbons (Fsp3) is 0.588. The summed E-state index contributed by atoms with van der Waals surface area (Å²) >= 11 is 0. The highest BCUT2D eigenvalue weighted by Gasteiger charge is 2.31. The molecule has 1 aliphatic rings. The number of urea groups is 1. The molecule has 140 valence electrons. The van der Waals surface area contributed by atoms with Crippen molar-refractivity contribution in [1.29, 1.82) is 0 Å². The minimum absolute atomic E-state index is 0.162. The average Bonchev–Trinajstić information content (AvgIpc) is 2.62. The number of sulfonamides is 1. The van der Waals surface area contributed by atoms with Gasteiger partial charge in [0, 0.05) is 32.7 Å². The SMILES string of the molecule is CCC(CC)CNC(=O)N1CCN(S(=O)(=O)c2ccccc2F)CC1. The molecule has 25 heavy (non-hydrogen) atoms. The third-order valence-corrected chi connectivity index (χ3v) is 6.61. The van der Waals surface area contributed by atoms with Gasteiger partial charge in [-0.2, -0.15) is 4.31 Å². The van der Waals surface area contributed by atoms with E-state index < -0.39 is 15.8 Å². The molecule has 0 aliphatic carbocycles. The molecule has 0 saturated carbocycles. The van der Waals surface area contributed by atoms with Gasteiger partial charge in [0.25, 0.3) is 0 Å². The molecular formula is C17H26FN3O3S. The third-order valence-electron chi connectivity index (χ3n) is 4.68. The van der Waals surface area contributed by atoms with Crippen molar-refractivity contribution in [2.75, 3.05) is 32.7 Å². The molecule has 0 aromatic heterocycles. The smallest absolute Gasteiger partial charge is 0.317 e. The van der Waals surface area contributed by atoms with Crippen LogP contribution >= 0.6 is 0 Å². The maximum atomic E-state index is 13.8. The second-order valence-electron chi connectivity index (χ2n) is 6.19. The first-order chi connectivity index (χ1) is 11.9. The van der Waals surface area contributed by atoms with Gasteiger partial charge in [-0.05, 0) is 18.1 Å². The lowest BCUT2D eigenvalue weighted by Crippen LogP contribution is -2.53. The normalized spacial score (nSPS) is 16.2. The summed E-state index contributed by atoms with van der Waals surface area (Å²) in [5.41, 5.74) is 0. The van der Waals surface area contributed by atoms with E-state index in [0.29, 0.717) is 25.6 Å². The number of nitrogens with one attached hydrogen (secondary N) is 1. The first-order valence-electron chi connectivity index (χ1n) is 8.67. The van der Waals surface area contributed by atoms with E-state index >= 15 is 0 Å². The maximum Gasteiger partial charge on any atom is 0.317 e. The van der Waals surface area contributed by atoms with Crippen molar-refractivity contribution in [3.05, 3.63) is 30.1 Å². The predicted octanol–water partition coefficient (Wildman–Crippen LogP) is 2.28. The van der Waals surface area contributed by atoms with Crippen LogP contribution in [0.15, 0.2) is 29.2 Å². The van der Waals surface area contributed by atoms with Crippen LogP contribution in [0.2, 0.25) is 0 Å². The molecule has 0 spiro atoms. The fourth-order valence-corrected chi connectivity index (χ4v) is 4.33. The van der Waals surface area contributed by atoms with E-state index in [0.717, 1.165) is 18.9 Å². The van der Waals surface area contributed by atoms with Crippen LogP contribution < -0.4 is 5.32 Å². The van der Waals surface area contributed by atoms with Crippen molar-refractivity contribution in [1.82, 2.24) is 14.5 Å². The molecule has 1 saturated heterocycles. The minimum atomic E-state index is -3.88. The van der Waals surface area contributed by atoms with Crippen LogP contribution in [-0.4, -0.2) is 56.4 Å². The zero-order valence-corrected chi connectivity index (χ0v) is 15.6. The number of rotatable bonds is 6. The first kappa shape index (κ1) is 19.7. The molecule has 1 aromatic carbocycles. The van der Waals surface area contributed by atoms with Gasteiger partial charge in [0.05, 0.1) is 0 Å². The number of carbonyl (C=O) groups excluding carboxylic acids is 1. The van der Waals surface area contributed by atoms with Gasteiger partial charge >= 0.3 is 6.03 Å². The van der Waals surface area contributed by atoms with Crippen molar-refractivity contribution in [2.45, 2.75) is 31.6 Å². The van der Waals surface area contributed by atoms with Gasteiger partial charge in [0.15, 0.2) is 0 Å². The van der Waals surface area contributed by atoms with E-state index in [1.165, 1.54) is 22.5 Å². The van der Waals surface area contributed by atoms with Crippen molar-refractivity contribution in [3.63, 3.8) is 0 Å². The molecule has 6 nitrogen and oxygen atoms in total. The van der Waals surface area contributed by atoms with Gasteiger partial charge in [-0.3, -0.25) is 0 Å². The Morgan fingerprint density at radius 1 is 1.16 bits per heavy atom. The topological polar surface area (TPSA) is 69.7 Å². The molecule has 1 fully saturated rings. The standard InChI is InChI=1S/C17H26FN3O3S/c1-3-14(4-2)13-19-17(22)20-9-11-21(12-10-20)25(23,24)16-8-6-5-7-15(16)18/h5-8,14H,3-4,9-13H2,1-2H3,(H,19,22). The summed E-state index contributed by atoms with van der Waals surface area (Å²) < 4.78 is 40.1. The summed E-state index contributed by atoms with van der Waals surface area (Å²) in [4.78, 5) is 13.5. The summed E-state index contributed by atoms with van der Waals surface area (Å²) in [6, 6.07) is 5.18. The number of carbonyl (C=O) groups is 1. The van der Waals surface area contributed by atoms with Gasteiger partial charge in [-0.15, -0.1) is 0 Å². The van der Waals surface area contributed by atoms with Crippen LogP contribution in [0.4, 0.5) is 9.18 Å². The summed E-state index contributed by atoms with van der Waals surface area (Å²) in [7, 11) is -3.88. The maximum absolute atomic E-state index is 13.8. The van der Waals surface area contributed by atoms with Crippen LogP contribution in [0.25, 0.3) is 0 Å². The number of amides is 2. The van der Waals surface area contributed by atoms with Crippen LogP contribution in [0, 0.1) is 11.7 Å². The zero-order valence-electron chi connectivity index (χ0n) is 14.7. The predicted molar refractivity (Wildman–Crippen MR) is 94.2 cm³/mol. The lowest BCUT2D eigenvalue weighted by Gasteiger charge is -2.34. The number of hydrogen-bond acceptors (Lipinski definition) is 3. The molecule has 1 N–H and O–H groups in total. The largest absolute Gasteiger partial charge is 0.338 e. The zero-order chi connectivity index (χ0) is 18.4. The van der Waals surface area contributed by atoms with Gasteiger partial charge in [-0.1, -0.05) is 38.8 Å². The Kier molecular flexibility index (Phi) is 6.78. The Labute approximate surface area is 149 Å². The molecule has 2 amide bonds.